The molecular formula is C11H9F4NO2. The topological polar surface area (TPSA) is 49.3 Å². The van der Waals surface area contributed by atoms with E-state index in [4.69, 9.17) is 0 Å². The van der Waals surface area contributed by atoms with Crippen molar-refractivity contribution in [3.8, 4) is 5.75 Å². The van der Waals surface area contributed by atoms with Crippen molar-refractivity contribution < 1.29 is 27.5 Å². The number of aromatic hydroxyl groups is 1. The van der Waals surface area contributed by atoms with Gasteiger partial charge in [-0.25, -0.2) is 4.39 Å². The van der Waals surface area contributed by atoms with Crippen molar-refractivity contribution in [1.82, 2.24) is 5.32 Å². The summed E-state index contributed by atoms with van der Waals surface area (Å²) in [6.07, 6.45) is -4.97. The smallest absolute Gasteiger partial charge is 0.411 e. The molecule has 0 atom stereocenters. The van der Waals surface area contributed by atoms with Gasteiger partial charge in [0.2, 0.25) is 0 Å². The lowest BCUT2D eigenvalue weighted by Crippen LogP contribution is -2.47. The molecule has 0 unspecified atom stereocenters. The van der Waals surface area contributed by atoms with Gasteiger partial charge in [-0.2, -0.15) is 13.2 Å². The minimum atomic E-state index is -4.55. The van der Waals surface area contributed by atoms with Gasteiger partial charge in [0.1, 0.15) is 17.1 Å². The number of rotatable bonds is 2. The summed E-state index contributed by atoms with van der Waals surface area (Å²) in [5, 5.41) is 11.1. The Morgan fingerprint density at radius 3 is 2.44 bits per heavy atom. The second kappa shape index (κ2) is 3.86. The molecule has 2 N–H and O–H groups in total. The molecule has 7 heteroatoms. The van der Waals surface area contributed by atoms with Crippen LogP contribution in [0.1, 0.15) is 23.2 Å². The van der Waals surface area contributed by atoms with E-state index in [1.807, 2.05) is 0 Å². The first-order valence-corrected chi connectivity index (χ1v) is 5.13. The maximum absolute atomic E-state index is 12.9. The molecule has 0 radical (unpaired) electrons. The predicted octanol–water partition coefficient (Wildman–Crippen LogP) is 2.36. The molecule has 18 heavy (non-hydrogen) atoms. The number of hydrogen-bond donors (Lipinski definition) is 2. The van der Waals surface area contributed by atoms with E-state index in [1.165, 1.54) is 0 Å². The summed E-state index contributed by atoms with van der Waals surface area (Å²) < 4.78 is 50.7. The lowest BCUT2D eigenvalue weighted by molar-refractivity contribution is -0.163. The van der Waals surface area contributed by atoms with Crippen LogP contribution in [-0.2, 0) is 0 Å². The Kier molecular flexibility index (Phi) is 2.71. The fourth-order valence-corrected chi connectivity index (χ4v) is 1.58. The molecule has 1 saturated carbocycles. The number of halogens is 4. The highest BCUT2D eigenvalue weighted by Crippen LogP contribution is 2.49. The highest BCUT2D eigenvalue weighted by molar-refractivity contribution is 5.97. The fourth-order valence-electron chi connectivity index (χ4n) is 1.58. The molecule has 1 aliphatic rings. The molecule has 0 bridgehead atoms. The molecule has 1 fully saturated rings. The molecule has 0 aliphatic heterocycles. The van der Waals surface area contributed by atoms with Gasteiger partial charge in [-0.3, -0.25) is 4.79 Å². The van der Waals surface area contributed by atoms with Crippen molar-refractivity contribution >= 4 is 5.91 Å². The summed E-state index contributed by atoms with van der Waals surface area (Å²) in [7, 11) is 0. The van der Waals surface area contributed by atoms with Gasteiger partial charge < -0.3 is 10.4 Å². The van der Waals surface area contributed by atoms with Gasteiger partial charge >= 0.3 is 6.18 Å². The van der Waals surface area contributed by atoms with Gasteiger partial charge in [0.25, 0.3) is 5.91 Å². The maximum Gasteiger partial charge on any atom is 0.411 e. The van der Waals surface area contributed by atoms with Crippen molar-refractivity contribution in [3.63, 3.8) is 0 Å². The maximum atomic E-state index is 12.9. The Hall–Kier alpha value is -1.79. The van der Waals surface area contributed by atoms with Gasteiger partial charge in [-0.05, 0) is 31.0 Å². The molecule has 0 spiro atoms. The minimum Gasteiger partial charge on any atom is -0.507 e. The summed E-state index contributed by atoms with van der Waals surface area (Å²) in [5.41, 5.74) is -2.74. The van der Waals surface area contributed by atoms with Crippen molar-refractivity contribution in [2.24, 2.45) is 0 Å². The zero-order chi connectivity index (χ0) is 13.6. The van der Waals surface area contributed by atoms with Crippen LogP contribution in [0.4, 0.5) is 17.6 Å². The van der Waals surface area contributed by atoms with E-state index < -0.39 is 34.8 Å². The second-order valence-electron chi connectivity index (χ2n) is 4.20. The molecule has 1 aromatic carbocycles. The molecular weight excluding hydrogens is 254 g/mol. The number of amides is 1. The monoisotopic (exact) mass is 263 g/mol. The Balaban J connectivity index is 2.21. The van der Waals surface area contributed by atoms with Crippen LogP contribution in [0, 0.1) is 5.82 Å². The highest BCUT2D eigenvalue weighted by atomic mass is 19.4. The van der Waals surface area contributed by atoms with Crippen LogP contribution in [0.5, 0.6) is 5.75 Å². The van der Waals surface area contributed by atoms with E-state index in [0.717, 1.165) is 12.1 Å². The first-order chi connectivity index (χ1) is 8.25. The van der Waals surface area contributed by atoms with Crippen molar-refractivity contribution in [2.75, 3.05) is 0 Å². The van der Waals surface area contributed by atoms with Gasteiger partial charge in [-0.1, -0.05) is 0 Å². The van der Waals surface area contributed by atoms with Crippen LogP contribution in [0.2, 0.25) is 0 Å². The summed E-state index contributed by atoms with van der Waals surface area (Å²) in [4.78, 5) is 11.6. The van der Waals surface area contributed by atoms with Crippen molar-refractivity contribution in [2.45, 2.75) is 24.6 Å². The van der Waals surface area contributed by atoms with E-state index >= 15 is 0 Å². The summed E-state index contributed by atoms with van der Waals surface area (Å²) in [6.45, 7) is 0. The number of nitrogens with one attached hydrogen (secondary N) is 1. The zero-order valence-corrected chi connectivity index (χ0v) is 9.01. The molecule has 1 amide bonds. The van der Waals surface area contributed by atoms with E-state index in [1.54, 1.807) is 5.32 Å². The van der Waals surface area contributed by atoms with Crippen LogP contribution in [-0.4, -0.2) is 22.7 Å². The lowest BCUT2D eigenvalue weighted by atomic mass is 10.1. The van der Waals surface area contributed by atoms with Crippen LogP contribution >= 0.6 is 0 Å². The number of hydrogen-bond acceptors (Lipinski definition) is 2. The summed E-state index contributed by atoms with van der Waals surface area (Å²) >= 11 is 0. The molecule has 2 rings (SSSR count). The largest absolute Gasteiger partial charge is 0.507 e. The standard InChI is InChI=1S/C11H9F4NO2/c12-6-1-2-8(17)7(5-6)9(18)16-10(3-4-10)11(13,14)15/h1-2,5,17H,3-4H2,(H,16,18). The average molecular weight is 263 g/mol. The molecule has 3 nitrogen and oxygen atoms in total. The van der Waals surface area contributed by atoms with E-state index in [9.17, 15) is 27.5 Å². The number of carbonyl (C=O) groups excluding carboxylic acids is 1. The SMILES string of the molecule is O=C(NC1(C(F)(F)F)CC1)c1cc(F)ccc1O. The number of phenols is 1. The van der Waals surface area contributed by atoms with Crippen LogP contribution in [0.3, 0.4) is 0 Å². The molecule has 0 saturated heterocycles. The van der Waals surface area contributed by atoms with Gasteiger partial charge in [0.05, 0.1) is 5.56 Å². The molecule has 1 aromatic rings. The Labute approximate surface area is 99.4 Å². The summed E-state index contributed by atoms with van der Waals surface area (Å²) in [5.74, 6) is -2.51. The van der Waals surface area contributed by atoms with Gasteiger partial charge in [0.15, 0.2) is 0 Å². The Morgan fingerprint density at radius 2 is 1.94 bits per heavy atom. The number of carbonyl (C=O) groups is 1. The molecule has 98 valence electrons. The highest BCUT2D eigenvalue weighted by Gasteiger charge is 2.64. The lowest BCUT2D eigenvalue weighted by Gasteiger charge is -2.20. The molecule has 0 aromatic heterocycles. The third-order valence-corrected chi connectivity index (χ3v) is 2.85. The third kappa shape index (κ3) is 2.12. The predicted molar refractivity (Wildman–Crippen MR) is 53.6 cm³/mol. The second-order valence-corrected chi connectivity index (χ2v) is 4.20. The Bertz CT molecular complexity index is 494. The number of benzene rings is 1. The molecule has 1 aliphatic carbocycles. The van der Waals surface area contributed by atoms with E-state index in [-0.39, 0.29) is 12.8 Å². The van der Waals surface area contributed by atoms with Gasteiger partial charge in [-0.15, -0.1) is 0 Å². The van der Waals surface area contributed by atoms with Gasteiger partial charge in [0, 0.05) is 0 Å². The zero-order valence-electron chi connectivity index (χ0n) is 9.01. The molecule has 0 heterocycles. The third-order valence-electron chi connectivity index (χ3n) is 2.85. The van der Waals surface area contributed by atoms with Crippen LogP contribution in [0.25, 0.3) is 0 Å². The summed E-state index contributed by atoms with van der Waals surface area (Å²) in [6, 6.07) is 2.51. The average Bonchev–Trinajstić information content (AvgIpc) is 3.01. The van der Waals surface area contributed by atoms with E-state index in [0.29, 0.717) is 6.07 Å². The first kappa shape index (κ1) is 12.7. The van der Waals surface area contributed by atoms with Crippen LogP contribution in [0.15, 0.2) is 18.2 Å². The van der Waals surface area contributed by atoms with Crippen molar-refractivity contribution in [1.29, 1.82) is 0 Å². The number of phenolic OH excluding ortho intramolecular Hbond substituents is 1. The van der Waals surface area contributed by atoms with Crippen LogP contribution < -0.4 is 5.32 Å². The fraction of sp³-hybridized carbons (Fsp3) is 0.364. The minimum absolute atomic E-state index is 0.210. The quantitative estimate of drug-likeness (QED) is 0.805. The number of alkyl halides is 3. The van der Waals surface area contributed by atoms with Crippen molar-refractivity contribution in [3.05, 3.63) is 29.6 Å². The Morgan fingerprint density at radius 1 is 1.33 bits per heavy atom. The normalized spacial score (nSPS) is 17.3. The first-order valence-electron chi connectivity index (χ1n) is 5.13. The van der Waals surface area contributed by atoms with E-state index in [2.05, 4.69) is 0 Å².